The van der Waals surface area contributed by atoms with E-state index in [2.05, 4.69) is 5.32 Å². The minimum atomic E-state index is -3.32. The van der Waals surface area contributed by atoms with Crippen LogP contribution in [0, 0.1) is 0 Å². The van der Waals surface area contributed by atoms with Crippen molar-refractivity contribution in [2.24, 2.45) is 0 Å². The number of aliphatic hydroxyl groups excluding tert-OH is 1. The SMILES string of the molecule is O=C(CN1CCCCS1(=O)=O)N[C@H]1c2ccccc2CC[C@H]1O. The average molecular weight is 338 g/mol. The fourth-order valence-electron chi connectivity index (χ4n) is 3.31. The molecule has 3 rings (SSSR count). The summed E-state index contributed by atoms with van der Waals surface area (Å²) in [6.07, 6.45) is 2.15. The molecule has 0 bridgehead atoms. The second-order valence-corrected chi connectivity index (χ2v) is 8.30. The van der Waals surface area contributed by atoms with Gasteiger partial charge in [-0.15, -0.1) is 0 Å². The van der Waals surface area contributed by atoms with Crippen molar-refractivity contribution in [3.63, 3.8) is 0 Å². The van der Waals surface area contributed by atoms with Gasteiger partial charge < -0.3 is 10.4 Å². The Morgan fingerprint density at radius 3 is 2.87 bits per heavy atom. The summed E-state index contributed by atoms with van der Waals surface area (Å²) >= 11 is 0. The van der Waals surface area contributed by atoms with Gasteiger partial charge in [0.05, 0.1) is 24.4 Å². The first-order chi connectivity index (χ1) is 11.0. The Kier molecular flexibility index (Phi) is 4.70. The first kappa shape index (κ1) is 16.4. The van der Waals surface area contributed by atoms with E-state index in [1.165, 1.54) is 4.31 Å². The van der Waals surface area contributed by atoms with Crippen molar-refractivity contribution in [1.29, 1.82) is 0 Å². The lowest BCUT2D eigenvalue weighted by Crippen LogP contribution is -2.47. The molecule has 0 spiro atoms. The van der Waals surface area contributed by atoms with E-state index < -0.39 is 22.2 Å². The molecule has 1 aliphatic heterocycles. The number of carbonyl (C=O) groups excluding carboxylic acids is 1. The van der Waals surface area contributed by atoms with Gasteiger partial charge in [0.15, 0.2) is 0 Å². The highest BCUT2D eigenvalue weighted by atomic mass is 32.2. The number of hydrogen-bond donors (Lipinski definition) is 2. The summed E-state index contributed by atoms with van der Waals surface area (Å²) in [7, 11) is -3.32. The second-order valence-electron chi connectivity index (χ2n) is 6.21. The Morgan fingerprint density at radius 2 is 2.09 bits per heavy atom. The van der Waals surface area contributed by atoms with E-state index >= 15 is 0 Å². The van der Waals surface area contributed by atoms with Crippen molar-refractivity contribution in [3.05, 3.63) is 35.4 Å². The first-order valence-electron chi connectivity index (χ1n) is 8.00. The van der Waals surface area contributed by atoms with Crippen molar-refractivity contribution in [2.45, 2.75) is 37.8 Å². The van der Waals surface area contributed by atoms with E-state index in [1.807, 2.05) is 24.3 Å². The lowest BCUT2D eigenvalue weighted by molar-refractivity contribution is -0.123. The molecule has 0 radical (unpaired) electrons. The van der Waals surface area contributed by atoms with Crippen LogP contribution in [0.1, 0.15) is 36.4 Å². The predicted molar refractivity (Wildman–Crippen MR) is 86.2 cm³/mol. The predicted octanol–water partition coefficient (Wildman–Crippen LogP) is 0.577. The number of carbonyl (C=O) groups is 1. The number of aryl methyl sites for hydroxylation is 1. The number of sulfonamides is 1. The van der Waals surface area contributed by atoms with Gasteiger partial charge in [0.25, 0.3) is 0 Å². The van der Waals surface area contributed by atoms with Crippen molar-refractivity contribution in [3.8, 4) is 0 Å². The third-order valence-electron chi connectivity index (χ3n) is 4.57. The molecule has 1 aliphatic carbocycles. The van der Waals surface area contributed by atoms with Crippen LogP contribution in [0.5, 0.6) is 0 Å². The standard InChI is InChI=1S/C16H22N2O4S/c19-14-8-7-12-5-1-2-6-13(12)16(14)17-15(20)11-18-9-3-4-10-23(18,21)22/h1-2,5-6,14,16,19H,3-4,7-11H2,(H,17,20)/t14-,16+/m1/s1. The zero-order valence-corrected chi connectivity index (χ0v) is 13.8. The van der Waals surface area contributed by atoms with Crippen LogP contribution in [0.25, 0.3) is 0 Å². The summed E-state index contributed by atoms with van der Waals surface area (Å²) in [5.41, 5.74) is 2.04. The Hall–Kier alpha value is -1.44. The van der Waals surface area contributed by atoms with Gasteiger partial charge in [0.2, 0.25) is 15.9 Å². The van der Waals surface area contributed by atoms with Crippen molar-refractivity contribution >= 4 is 15.9 Å². The van der Waals surface area contributed by atoms with E-state index in [4.69, 9.17) is 0 Å². The molecule has 2 atom stereocenters. The molecular weight excluding hydrogens is 316 g/mol. The number of fused-ring (bicyclic) bond motifs is 1. The van der Waals surface area contributed by atoms with Gasteiger partial charge in [-0.25, -0.2) is 8.42 Å². The molecular formula is C16H22N2O4S. The molecule has 2 aliphatic rings. The number of aliphatic hydroxyl groups is 1. The van der Waals surface area contributed by atoms with Crippen LogP contribution in [0.2, 0.25) is 0 Å². The smallest absolute Gasteiger partial charge is 0.235 e. The molecule has 6 nitrogen and oxygen atoms in total. The topological polar surface area (TPSA) is 86.7 Å². The molecule has 1 amide bonds. The zero-order valence-electron chi connectivity index (χ0n) is 12.9. The number of nitrogens with one attached hydrogen (secondary N) is 1. The molecule has 1 heterocycles. The Balaban J connectivity index is 1.70. The van der Waals surface area contributed by atoms with Crippen LogP contribution < -0.4 is 5.32 Å². The van der Waals surface area contributed by atoms with Gasteiger partial charge >= 0.3 is 0 Å². The fourth-order valence-corrected chi connectivity index (χ4v) is 4.86. The van der Waals surface area contributed by atoms with Crippen molar-refractivity contribution in [1.82, 2.24) is 9.62 Å². The van der Waals surface area contributed by atoms with Crippen LogP contribution in [-0.2, 0) is 21.2 Å². The van der Waals surface area contributed by atoms with Crippen LogP contribution in [0.3, 0.4) is 0 Å². The molecule has 126 valence electrons. The molecule has 0 unspecified atom stereocenters. The fraction of sp³-hybridized carbons (Fsp3) is 0.562. The maximum Gasteiger partial charge on any atom is 0.235 e. The van der Waals surface area contributed by atoms with Crippen molar-refractivity contribution < 1.29 is 18.3 Å². The van der Waals surface area contributed by atoms with E-state index in [0.29, 0.717) is 19.4 Å². The molecule has 2 N–H and O–H groups in total. The summed E-state index contributed by atoms with van der Waals surface area (Å²) in [6, 6.07) is 7.25. The van der Waals surface area contributed by atoms with Crippen LogP contribution in [0.15, 0.2) is 24.3 Å². The number of benzene rings is 1. The van der Waals surface area contributed by atoms with E-state index in [9.17, 15) is 18.3 Å². The molecule has 0 saturated carbocycles. The second kappa shape index (κ2) is 6.59. The van der Waals surface area contributed by atoms with Crippen molar-refractivity contribution in [2.75, 3.05) is 18.8 Å². The first-order valence-corrected chi connectivity index (χ1v) is 9.61. The monoisotopic (exact) mass is 338 g/mol. The van der Waals surface area contributed by atoms with Crippen LogP contribution in [0.4, 0.5) is 0 Å². The maximum absolute atomic E-state index is 12.3. The number of nitrogens with zero attached hydrogens (tertiary/aromatic N) is 1. The molecule has 23 heavy (non-hydrogen) atoms. The third kappa shape index (κ3) is 3.57. The lowest BCUT2D eigenvalue weighted by Gasteiger charge is -2.32. The normalized spacial score (nSPS) is 27.2. The largest absolute Gasteiger partial charge is 0.391 e. The van der Waals surface area contributed by atoms with E-state index in [0.717, 1.165) is 24.0 Å². The highest BCUT2D eigenvalue weighted by molar-refractivity contribution is 7.89. The zero-order chi connectivity index (χ0) is 16.4. The van der Waals surface area contributed by atoms with E-state index in [1.54, 1.807) is 0 Å². The summed E-state index contributed by atoms with van der Waals surface area (Å²) < 4.78 is 25.2. The van der Waals surface area contributed by atoms with Crippen LogP contribution in [-0.4, -0.2) is 48.7 Å². The average Bonchev–Trinajstić information content (AvgIpc) is 2.52. The molecule has 1 aromatic carbocycles. The molecule has 1 saturated heterocycles. The Labute approximate surface area is 136 Å². The van der Waals surface area contributed by atoms with Gasteiger partial charge in [-0.2, -0.15) is 4.31 Å². The van der Waals surface area contributed by atoms with Gasteiger partial charge in [-0.1, -0.05) is 24.3 Å². The highest BCUT2D eigenvalue weighted by Gasteiger charge is 2.32. The Bertz CT molecular complexity index is 689. The highest BCUT2D eigenvalue weighted by Crippen LogP contribution is 2.29. The van der Waals surface area contributed by atoms with Gasteiger partial charge in [-0.05, 0) is 36.8 Å². The summed E-state index contributed by atoms with van der Waals surface area (Å²) in [4.78, 5) is 12.3. The summed E-state index contributed by atoms with van der Waals surface area (Å²) in [5.74, 6) is -0.258. The maximum atomic E-state index is 12.3. The molecule has 1 aromatic rings. The third-order valence-corrected chi connectivity index (χ3v) is 6.48. The molecule has 1 fully saturated rings. The minimum absolute atomic E-state index is 0.106. The quantitative estimate of drug-likeness (QED) is 0.844. The number of hydrogen-bond acceptors (Lipinski definition) is 4. The number of rotatable bonds is 3. The summed E-state index contributed by atoms with van der Waals surface area (Å²) in [6.45, 7) is 0.216. The van der Waals surface area contributed by atoms with Gasteiger partial charge in [0.1, 0.15) is 0 Å². The Morgan fingerprint density at radius 1 is 1.30 bits per heavy atom. The molecule has 0 aromatic heterocycles. The molecule has 7 heteroatoms. The van der Waals surface area contributed by atoms with Crippen LogP contribution >= 0.6 is 0 Å². The van der Waals surface area contributed by atoms with Gasteiger partial charge in [0, 0.05) is 6.54 Å². The summed E-state index contributed by atoms with van der Waals surface area (Å²) in [5, 5.41) is 13.0. The van der Waals surface area contributed by atoms with E-state index in [-0.39, 0.29) is 18.2 Å². The van der Waals surface area contributed by atoms with Gasteiger partial charge in [-0.3, -0.25) is 4.79 Å². The minimum Gasteiger partial charge on any atom is -0.391 e. The number of amides is 1. The lowest BCUT2D eigenvalue weighted by atomic mass is 9.85.